The van der Waals surface area contributed by atoms with E-state index in [0.29, 0.717) is 56.1 Å². The molecule has 5 heterocycles. The monoisotopic (exact) mass is 1030 g/mol. The van der Waals surface area contributed by atoms with E-state index in [1.165, 1.54) is 4.90 Å². The molecule has 17 nitrogen and oxygen atoms in total. The number of aromatic nitrogens is 3. The molecule has 0 aliphatic carbocycles. The fourth-order valence-corrected chi connectivity index (χ4v) is 10.8. The van der Waals surface area contributed by atoms with Gasteiger partial charge < -0.3 is 50.9 Å². The number of aromatic hydroxyl groups is 1. The average molecular weight is 1030 g/mol. The van der Waals surface area contributed by atoms with Gasteiger partial charge in [-0.2, -0.15) is 0 Å². The number of aryl methyl sites for hydroxylation is 1. The van der Waals surface area contributed by atoms with Crippen LogP contribution in [0.5, 0.6) is 11.5 Å². The van der Waals surface area contributed by atoms with Crippen LogP contribution < -0.4 is 30.9 Å². The summed E-state index contributed by atoms with van der Waals surface area (Å²) < 4.78 is 6.35. The lowest BCUT2D eigenvalue weighted by Gasteiger charge is -2.41. The van der Waals surface area contributed by atoms with Gasteiger partial charge in [0.25, 0.3) is 0 Å². The summed E-state index contributed by atoms with van der Waals surface area (Å²) in [5.74, 6) is 0.492. The Balaban J connectivity index is 0.698. The van der Waals surface area contributed by atoms with Crippen molar-refractivity contribution in [2.45, 2.75) is 123 Å². The zero-order valence-corrected chi connectivity index (χ0v) is 44.2. The number of piperazine rings is 1. The maximum absolute atomic E-state index is 14.1. The number of nitrogens with zero attached hydrogens (tertiary/aromatic N) is 7. The van der Waals surface area contributed by atoms with Crippen molar-refractivity contribution in [2.75, 3.05) is 61.3 Å². The van der Waals surface area contributed by atoms with E-state index in [2.05, 4.69) is 47.7 Å². The SMILES string of the molecule is Cc1ncsc1-c1ccc(C(C)NC(=O)[C@@H]2C[C@@H](O)CN2C(=O)C(NC(=O)CCCCCCCCC(=O)N2CCN(c3cccc(OC4CN(c5cc(-c6ccccc6O)nnc5N)C4)c3)CC2)C(C)(C)C)cc1. The Hall–Kier alpha value is -6.79. The summed E-state index contributed by atoms with van der Waals surface area (Å²) in [5.41, 5.74) is 13.3. The molecule has 2 unspecified atom stereocenters. The minimum Gasteiger partial charge on any atom is -0.507 e. The number of phenols is 1. The molecule has 394 valence electrons. The molecule has 3 aromatic carbocycles. The molecule has 6 N–H and O–H groups in total. The Morgan fingerprint density at radius 3 is 2.23 bits per heavy atom. The number of phenolic OH excluding ortho intramolecular Hbond substituents is 1. The van der Waals surface area contributed by atoms with Crippen molar-refractivity contribution in [2.24, 2.45) is 5.41 Å². The first-order valence-corrected chi connectivity index (χ1v) is 26.9. The number of aliphatic hydroxyl groups excluding tert-OH is 1. The smallest absolute Gasteiger partial charge is 0.246 e. The van der Waals surface area contributed by atoms with Crippen molar-refractivity contribution in [3.63, 3.8) is 0 Å². The highest BCUT2D eigenvalue weighted by Gasteiger charge is 2.45. The van der Waals surface area contributed by atoms with Crippen LogP contribution >= 0.6 is 11.3 Å². The summed E-state index contributed by atoms with van der Waals surface area (Å²) in [5, 5.41) is 35.3. The molecule has 4 amide bonds. The molecule has 0 spiro atoms. The van der Waals surface area contributed by atoms with Crippen molar-refractivity contribution >= 4 is 52.2 Å². The molecule has 3 aliphatic heterocycles. The predicted molar refractivity (Wildman–Crippen MR) is 289 cm³/mol. The van der Waals surface area contributed by atoms with E-state index in [1.807, 2.05) is 93.6 Å². The van der Waals surface area contributed by atoms with Gasteiger partial charge in [0.15, 0.2) is 5.82 Å². The van der Waals surface area contributed by atoms with Crippen LogP contribution in [0.15, 0.2) is 84.4 Å². The van der Waals surface area contributed by atoms with Gasteiger partial charge >= 0.3 is 0 Å². The van der Waals surface area contributed by atoms with E-state index in [0.717, 1.165) is 84.0 Å². The highest BCUT2D eigenvalue weighted by molar-refractivity contribution is 7.13. The zero-order valence-electron chi connectivity index (χ0n) is 43.3. The van der Waals surface area contributed by atoms with E-state index in [4.69, 9.17) is 10.5 Å². The number of para-hydroxylation sites is 1. The lowest BCUT2D eigenvalue weighted by Crippen LogP contribution is -2.57. The number of hydrogen-bond donors (Lipinski definition) is 5. The number of nitrogen functional groups attached to an aromatic ring is 1. The number of benzene rings is 3. The second kappa shape index (κ2) is 24.0. The third-order valence-corrected chi connectivity index (χ3v) is 15.4. The number of nitrogens with one attached hydrogen (secondary N) is 2. The highest BCUT2D eigenvalue weighted by Crippen LogP contribution is 2.35. The molecule has 3 aliphatic rings. The Labute approximate surface area is 438 Å². The molecular weight excluding hydrogens is 957 g/mol. The molecule has 0 radical (unpaired) electrons. The summed E-state index contributed by atoms with van der Waals surface area (Å²) in [6.45, 7) is 13.6. The van der Waals surface area contributed by atoms with Crippen LogP contribution in [0.3, 0.4) is 0 Å². The fourth-order valence-electron chi connectivity index (χ4n) is 10.0. The van der Waals surface area contributed by atoms with Crippen molar-refractivity contribution in [1.29, 1.82) is 0 Å². The van der Waals surface area contributed by atoms with E-state index in [-0.39, 0.29) is 60.9 Å². The van der Waals surface area contributed by atoms with Gasteiger partial charge in [0.2, 0.25) is 23.6 Å². The van der Waals surface area contributed by atoms with Crippen molar-refractivity contribution in [3.05, 3.63) is 95.6 Å². The fraction of sp³-hybridized carbons (Fsp3) is 0.482. The molecular formula is C56H72N10O7S. The van der Waals surface area contributed by atoms with Gasteiger partial charge in [0.1, 0.15) is 29.7 Å². The molecule has 74 heavy (non-hydrogen) atoms. The van der Waals surface area contributed by atoms with Crippen molar-refractivity contribution < 1.29 is 34.1 Å². The number of β-amino-alcohol motifs (C(OH)–C–C–N with tert-alkyl or cyclic N) is 1. The maximum Gasteiger partial charge on any atom is 0.246 e. The summed E-state index contributed by atoms with van der Waals surface area (Å²) in [6, 6.07) is 22.9. The van der Waals surface area contributed by atoms with Crippen LogP contribution in [0, 0.1) is 12.3 Å². The van der Waals surface area contributed by atoms with Crippen LogP contribution in [-0.4, -0.2) is 129 Å². The predicted octanol–water partition coefficient (Wildman–Crippen LogP) is 7.27. The van der Waals surface area contributed by atoms with Crippen LogP contribution in [0.25, 0.3) is 21.7 Å². The number of nitrogens with two attached hydrogens (primary N) is 1. The third-order valence-electron chi connectivity index (χ3n) is 14.4. The number of rotatable bonds is 20. The number of likely N-dealkylation sites (tertiary alicyclic amines) is 1. The standard InChI is InChI=1S/C56H72N10O7S/c1-36(38-21-23-39(24-22-38)51-37(2)58-35-74-51)59-54(71)47-30-41(67)32-66(47)55(72)52(56(3,4)5)60-49(69)19-10-8-6-7-9-11-20-50(70)64-27-25-63(26-28-64)40-15-14-16-42(29-40)73-43-33-65(34-43)46-31-45(61-62-53(46)57)44-17-12-13-18-48(44)68/h12-18,21-24,29,31,35-36,41,43,47,52,67-68H,6-11,19-20,25-28,30,32-34H2,1-5H3,(H2,57,62)(H,59,71)(H,60,69)/t36?,41-,47+,52?/m1/s1. The number of amides is 4. The van der Waals surface area contributed by atoms with Gasteiger partial charge in [-0.3, -0.25) is 19.2 Å². The Kier molecular flexibility index (Phi) is 17.4. The molecule has 0 saturated carbocycles. The average Bonchev–Trinajstić information content (AvgIpc) is 4.00. The lowest BCUT2D eigenvalue weighted by molar-refractivity contribution is -0.144. The van der Waals surface area contributed by atoms with E-state index >= 15 is 0 Å². The number of thiazole rings is 1. The van der Waals surface area contributed by atoms with Gasteiger partial charge in [-0.05, 0) is 73.6 Å². The first-order chi connectivity index (χ1) is 35.5. The number of carbonyl (C=O) groups excluding carboxylic acids is 4. The summed E-state index contributed by atoms with van der Waals surface area (Å²) in [4.78, 5) is 67.5. The quantitative estimate of drug-likeness (QED) is 0.0485. The largest absolute Gasteiger partial charge is 0.507 e. The van der Waals surface area contributed by atoms with Gasteiger partial charge in [-0.1, -0.05) is 88.9 Å². The summed E-state index contributed by atoms with van der Waals surface area (Å²) in [7, 11) is 0. The number of carbonyl (C=O) groups is 4. The minimum absolute atomic E-state index is 0.0169. The first-order valence-electron chi connectivity index (χ1n) is 26.1. The lowest BCUT2D eigenvalue weighted by atomic mass is 9.85. The van der Waals surface area contributed by atoms with E-state index in [1.54, 1.807) is 29.5 Å². The molecule has 5 aromatic rings. The number of unbranched alkanes of at least 4 members (excludes halogenated alkanes) is 5. The second-order valence-electron chi connectivity index (χ2n) is 21.0. The molecule has 18 heteroatoms. The van der Waals surface area contributed by atoms with Crippen LogP contribution in [0.2, 0.25) is 0 Å². The summed E-state index contributed by atoms with van der Waals surface area (Å²) in [6.07, 6.45) is 5.23. The number of anilines is 3. The number of ether oxygens (including phenoxy) is 1. The Bertz CT molecular complexity index is 2730. The minimum atomic E-state index is -0.875. The molecule has 3 fully saturated rings. The van der Waals surface area contributed by atoms with Gasteiger partial charge in [-0.25, -0.2) is 4.98 Å². The summed E-state index contributed by atoms with van der Waals surface area (Å²) >= 11 is 1.58. The van der Waals surface area contributed by atoms with Crippen molar-refractivity contribution in [1.82, 2.24) is 35.6 Å². The zero-order chi connectivity index (χ0) is 52.5. The maximum atomic E-state index is 14.1. The van der Waals surface area contributed by atoms with E-state index in [9.17, 15) is 29.4 Å². The van der Waals surface area contributed by atoms with Gasteiger partial charge in [-0.15, -0.1) is 21.5 Å². The topological polar surface area (TPSA) is 220 Å². The second-order valence-corrected chi connectivity index (χ2v) is 21.9. The molecule has 0 bridgehead atoms. The molecule has 4 atom stereocenters. The van der Waals surface area contributed by atoms with Crippen LogP contribution in [-0.2, 0) is 19.2 Å². The highest BCUT2D eigenvalue weighted by atomic mass is 32.1. The molecule has 8 rings (SSSR count). The Morgan fingerprint density at radius 1 is 0.838 bits per heavy atom. The Morgan fingerprint density at radius 2 is 1.54 bits per heavy atom. The van der Waals surface area contributed by atoms with E-state index < -0.39 is 23.6 Å². The van der Waals surface area contributed by atoms with Crippen molar-refractivity contribution in [3.8, 4) is 33.2 Å². The number of aliphatic hydroxyl groups is 1. The molecule has 2 aromatic heterocycles. The van der Waals surface area contributed by atoms with Gasteiger partial charge in [0.05, 0.1) is 52.7 Å². The van der Waals surface area contributed by atoms with Gasteiger partial charge in [0, 0.05) is 69.3 Å². The van der Waals surface area contributed by atoms with Crippen LogP contribution in [0.4, 0.5) is 17.2 Å². The third kappa shape index (κ3) is 13.3. The first kappa shape index (κ1) is 53.5. The molecule has 3 saturated heterocycles. The normalized spacial score (nSPS) is 17.9. The van der Waals surface area contributed by atoms with Crippen LogP contribution in [0.1, 0.15) is 103 Å². The number of hydrogen-bond acceptors (Lipinski definition) is 14.